The van der Waals surface area contributed by atoms with Gasteiger partial charge in [0.15, 0.2) is 0 Å². The smallest absolute Gasteiger partial charge is 0.411 e. The molecule has 7 nitrogen and oxygen atoms in total. The molecule has 2 aromatic rings. The zero-order valence-electron chi connectivity index (χ0n) is 13.2. The number of anilines is 2. The summed E-state index contributed by atoms with van der Waals surface area (Å²) in [5.74, 6) is 0.709. The van der Waals surface area contributed by atoms with Crippen molar-refractivity contribution < 1.29 is 18.7 Å². The molecule has 2 rings (SSSR count). The Hall–Kier alpha value is -2.96. The number of urea groups is 1. The summed E-state index contributed by atoms with van der Waals surface area (Å²) in [7, 11) is 2.98. The fourth-order valence-corrected chi connectivity index (χ4v) is 1.91. The monoisotopic (exact) mass is 317 g/mol. The van der Waals surface area contributed by atoms with Gasteiger partial charge in [-0.2, -0.15) is 0 Å². The molecule has 0 radical (unpaired) electrons. The third kappa shape index (κ3) is 4.26. The molecular formula is C16H19N3O4. The molecule has 122 valence electrons. The van der Waals surface area contributed by atoms with Crippen LogP contribution in [0.3, 0.4) is 0 Å². The van der Waals surface area contributed by atoms with Gasteiger partial charge in [0.2, 0.25) is 0 Å². The third-order valence-corrected chi connectivity index (χ3v) is 3.42. The van der Waals surface area contributed by atoms with Crippen LogP contribution in [0.25, 0.3) is 0 Å². The first kappa shape index (κ1) is 16.4. The second-order valence-corrected chi connectivity index (χ2v) is 4.93. The zero-order chi connectivity index (χ0) is 16.8. The molecule has 1 aromatic heterocycles. The molecule has 0 fully saturated rings. The Morgan fingerprint density at radius 1 is 1.13 bits per heavy atom. The highest BCUT2D eigenvalue weighted by molar-refractivity contribution is 5.90. The molecule has 0 spiro atoms. The number of nitrogens with zero attached hydrogens (tertiary/aromatic N) is 1. The molecule has 3 amide bonds. The Bertz CT molecular complexity index is 652. The second-order valence-electron chi connectivity index (χ2n) is 4.93. The van der Waals surface area contributed by atoms with E-state index in [4.69, 9.17) is 4.42 Å². The number of nitrogens with one attached hydrogen (secondary N) is 2. The SMILES string of the molecule is COC(=O)Nc1ccc(NC(=O)N(C)C(C)c2ccco2)cc1. The van der Waals surface area contributed by atoms with Crippen LogP contribution in [-0.4, -0.2) is 31.2 Å². The summed E-state index contributed by atoms with van der Waals surface area (Å²) in [5, 5.41) is 5.32. The maximum Gasteiger partial charge on any atom is 0.411 e. The molecule has 0 aliphatic heterocycles. The minimum Gasteiger partial charge on any atom is -0.467 e. The van der Waals surface area contributed by atoms with Crippen LogP contribution in [0.5, 0.6) is 0 Å². The lowest BCUT2D eigenvalue weighted by atomic mass is 10.2. The summed E-state index contributed by atoms with van der Waals surface area (Å²) in [4.78, 5) is 24.9. The van der Waals surface area contributed by atoms with Gasteiger partial charge >= 0.3 is 12.1 Å². The fourth-order valence-electron chi connectivity index (χ4n) is 1.91. The van der Waals surface area contributed by atoms with Crippen LogP contribution in [0, 0.1) is 0 Å². The summed E-state index contributed by atoms with van der Waals surface area (Å²) in [6, 6.07) is 9.87. The van der Waals surface area contributed by atoms with Crippen LogP contribution in [0.15, 0.2) is 47.1 Å². The first-order valence-electron chi connectivity index (χ1n) is 7.03. The number of methoxy groups -OCH3 is 1. The molecule has 2 N–H and O–H groups in total. The number of hydrogen-bond donors (Lipinski definition) is 2. The summed E-state index contributed by atoms with van der Waals surface area (Å²) in [6.07, 6.45) is 1.03. The van der Waals surface area contributed by atoms with Crippen LogP contribution < -0.4 is 10.6 Å². The average molecular weight is 317 g/mol. The zero-order valence-corrected chi connectivity index (χ0v) is 13.2. The van der Waals surface area contributed by atoms with Crippen LogP contribution in [0.2, 0.25) is 0 Å². The molecule has 0 aliphatic carbocycles. The molecule has 1 aromatic carbocycles. The van der Waals surface area contributed by atoms with Crippen molar-refractivity contribution in [3.8, 4) is 0 Å². The molecule has 0 saturated carbocycles. The van der Waals surface area contributed by atoms with E-state index in [9.17, 15) is 9.59 Å². The molecular weight excluding hydrogens is 298 g/mol. The van der Waals surface area contributed by atoms with Crippen molar-refractivity contribution in [1.82, 2.24) is 4.90 Å². The Kier molecular flexibility index (Phi) is 5.24. The van der Waals surface area contributed by atoms with Crippen molar-refractivity contribution in [2.24, 2.45) is 0 Å². The van der Waals surface area contributed by atoms with Crippen molar-refractivity contribution in [3.63, 3.8) is 0 Å². The standard InChI is InChI=1S/C16H19N3O4/c1-11(14-5-4-10-23-14)19(2)15(20)17-12-6-8-13(9-7-12)18-16(21)22-3/h4-11H,1-3H3,(H,17,20)(H,18,21). The molecule has 7 heteroatoms. The second kappa shape index (κ2) is 7.35. The Labute approximate surface area is 134 Å². The number of carbonyl (C=O) groups is 2. The highest BCUT2D eigenvalue weighted by atomic mass is 16.5. The van der Waals surface area contributed by atoms with Gasteiger partial charge in [-0.15, -0.1) is 0 Å². The molecule has 1 heterocycles. The number of amides is 3. The first-order valence-corrected chi connectivity index (χ1v) is 7.03. The summed E-state index contributed by atoms with van der Waals surface area (Å²) in [5.41, 5.74) is 1.19. The first-order chi connectivity index (χ1) is 11.0. The van der Waals surface area contributed by atoms with E-state index in [2.05, 4.69) is 15.4 Å². The Morgan fingerprint density at radius 3 is 2.26 bits per heavy atom. The lowest BCUT2D eigenvalue weighted by Crippen LogP contribution is -2.33. The number of rotatable bonds is 4. The third-order valence-electron chi connectivity index (χ3n) is 3.42. The van der Waals surface area contributed by atoms with Crippen molar-refractivity contribution in [2.75, 3.05) is 24.8 Å². The predicted octanol–water partition coefficient (Wildman–Crippen LogP) is 3.68. The molecule has 0 aliphatic rings. The largest absolute Gasteiger partial charge is 0.467 e. The number of furan rings is 1. The Balaban J connectivity index is 1.95. The van der Waals surface area contributed by atoms with Gasteiger partial charge in [0.1, 0.15) is 5.76 Å². The topological polar surface area (TPSA) is 83.8 Å². The molecule has 1 unspecified atom stereocenters. The van der Waals surface area contributed by atoms with Crippen LogP contribution in [-0.2, 0) is 4.74 Å². The van der Waals surface area contributed by atoms with Crippen molar-refractivity contribution in [2.45, 2.75) is 13.0 Å². The lowest BCUT2D eigenvalue weighted by molar-refractivity contribution is 0.187. The Morgan fingerprint density at radius 2 is 1.74 bits per heavy atom. The molecule has 1 atom stereocenters. The van der Waals surface area contributed by atoms with E-state index >= 15 is 0 Å². The average Bonchev–Trinajstić information content (AvgIpc) is 3.09. The van der Waals surface area contributed by atoms with Gasteiger partial charge in [-0.3, -0.25) is 5.32 Å². The van der Waals surface area contributed by atoms with Gasteiger partial charge in [-0.05, 0) is 43.3 Å². The highest BCUT2D eigenvalue weighted by Crippen LogP contribution is 2.20. The van der Waals surface area contributed by atoms with Crippen LogP contribution in [0.1, 0.15) is 18.7 Å². The lowest BCUT2D eigenvalue weighted by Gasteiger charge is -2.23. The number of benzene rings is 1. The van der Waals surface area contributed by atoms with E-state index in [0.29, 0.717) is 17.1 Å². The van der Waals surface area contributed by atoms with Gasteiger partial charge in [0, 0.05) is 18.4 Å². The number of hydrogen-bond acceptors (Lipinski definition) is 4. The minimum absolute atomic E-state index is 0.190. The summed E-state index contributed by atoms with van der Waals surface area (Å²) >= 11 is 0. The van der Waals surface area contributed by atoms with E-state index < -0.39 is 6.09 Å². The highest BCUT2D eigenvalue weighted by Gasteiger charge is 2.19. The van der Waals surface area contributed by atoms with E-state index in [0.717, 1.165) is 0 Å². The quantitative estimate of drug-likeness (QED) is 0.901. The molecule has 0 saturated heterocycles. The minimum atomic E-state index is -0.547. The summed E-state index contributed by atoms with van der Waals surface area (Å²) in [6.45, 7) is 1.88. The van der Waals surface area contributed by atoms with E-state index in [1.807, 2.05) is 13.0 Å². The normalized spacial score (nSPS) is 11.4. The van der Waals surface area contributed by atoms with Crippen molar-refractivity contribution >= 4 is 23.5 Å². The van der Waals surface area contributed by atoms with Gasteiger partial charge in [-0.25, -0.2) is 9.59 Å². The van der Waals surface area contributed by atoms with Gasteiger partial charge in [0.25, 0.3) is 0 Å². The number of ether oxygens (including phenoxy) is 1. The van der Waals surface area contributed by atoms with Gasteiger partial charge in [0.05, 0.1) is 19.4 Å². The van der Waals surface area contributed by atoms with E-state index in [1.165, 1.54) is 7.11 Å². The van der Waals surface area contributed by atoms with Crippen molar-refractivity contribution in [3.05, 3.63) is 48.4 Å². The van der Waals surface area contributed by atoms with E-state index in [1.54, 1.807) is 48.5 Å². The van der Waals surface area contributed by atoms with Gasteiger partial charge in [-0.1, -0.05) is 0 Å². The maximum absolute atomic E-state index is 12.2. The predicted molar refractivity (Wildman–Crippen MR) is 86.4 cm³/mol. The van der Waals surface area contributed by atoms with Gasteiger partial charge < -0.3 is 19.4 Å². The molecule has 23 heavy (non-hydrogen) atoms. The molecule has 0 bridgehead atoms. The summed E-state index contributed by atoms with van der Waals surface area (Å²) < 4.78 is 9.81. The number of carbonyl (C=O) groups excluding carboxylic acids is 2. The van der Waals surface area contributed by atoms with Crippen molar-refractivity contribution in [1.29, 1.82) is 0 Å². The maximum atomic E-state index is 12.2. The fraction of sp³-hybridized carbons (Fsp3) is 0.250. The van der Waals surface area contributed by atoms with Crippen LogP contribution >= 0.6 is 0 Å². The van der Waals surface area contributed by atoms with E-state index in [-0.39, 0.29) is 12.1 Å². The van der Waals surface area contributed by atoms with Crippen LogP contribution in [0.4, 0.5) is 21.0 Å².